The highest BCUT2D eigenvalue weighted by Crippen LogP contribution is 2.17. The first-order valence-electron chi connectivity index (χ1n) is 8.04. The van der Waals surface area contributed by atoms with Gasteiger partial charge in [0.2, 0.25) is 4.80 Å². The van der Waals surface area contributed by atoms with Crippen molar-refractivity contribution in [1.82, 2.24) is 14.6 Å². The quantitative estimate of drug-likeness (QED) is 0.564. The molecule has 2 aromatic heterocycles. The molecule has 0 saturated heterocycles. The lowest BCUT2D eigenvalue weighted by Crippen LogP contribution is -2.33. The summed E-state index contributed by atoms with van der Waals surface area (Å²) in [6.07, 6.45) is 0. The Balaban J connectivity index is 1.66. The molecule has 26 heavy (non-hydrogen) atoms. The summed E-state index contributed by atoms with van der Waals surface area (Å²) < 4.78 is 9.50. The highest BCUT2D eigenvalue weighted by Gasteiger charge is 2.21. The zero-order chi connectivity index (χ0) is 18.3. The highest BCUT2D eigenvalue weighted by molar-refractivity contribution is 7.16. The molecular formula is C18H16N4O3S. The van der Waals surface area contributed by atoms with Crippen LogP contribution in [0.2, 0.25) is 0 Å². The molecule has 1 N–H and O–H groups in total. The van der Waals surface area contributed by atoms with E-state index in [-0.39, 0.29) is 0 Å². The molecule has 132 valence electrons. The zero-order valence-corrected chi connectivity index (χ0v) is 15.0. The number of hydrogen-bond donors (Lipinski definition) is 1. The van der Waals surface area contributed by atoms with Crippen molar-refractivity contribution in [2.45, 2.75) is 13.0 Å². The van der Waals surface area contributed by atoms with Crippen LogP contribution in [0.4, 0.5) is 0 Å². The Kier molecular flexibility index (Phi) is 3.96. The van der Waals surface area contributed by atoms with E-state index < -0.39 is 17.7 Å². The Morgan fingerprint density at radius 1 is 1.15 bits per heavy atom. The maximum absolute atomic E-state index is 12.5. The van der Waals surface area contributed by atoms with Gasteiger partial charge in [-0.15, -0.1) is 5.10 Å². The molecule has 1 atom stereocenters. The molecule has 1 amide bonds. The fraction of sp³-hybridized carbons (Fsp3) is 0.167. The van der Waals surface area contributed by atoms with Crippen molar-refractivity contribution in [1.29, 1.82) is 0 Å². The number of oxazole rings is 1. The van der Waals surface area contributed by atoms with Crippen LogP contribution in [0.15, 0.2) is 62.8 Å². The van der Waals surface area contributed by atoms with Gasteiger partial charge in [0.05, 0.1) is 15.7 Å². The topological polar surface area (TPSA) is 81.5 Å². The number of hydrogen-bond acceptors (Lipinski definition) is 5. The van der Waals surface area contributed by atoms with Gasteiger partial charge in [-0.05, 0) is 31.2 Å². The second-order valence-corrected chi connectivity index (χ2v) is 6.89. The summed E-state index contributed by atoms with van der Waals surface area (Å²) in [7, 11) is 1.89. The van der Waals surface area contributed by atoms with Crippen molar-refractivity contribution < 1.29 is 9.21 Å². The second kappa shape index (κ2) is 6.30. The number of thiazole rings is 1. The maximum atomic E-state index is 12.5. The third kappa shape index (κ3) is 2.64. The lowest BCUT2D eigenvalue weighted by molar-refractivity contribution is -0.124. The number of carbonyl (C=O) groups is 1. The molecular weight excluding hydrogens is 352 g/mol. The largest absolute Gasteiger partial charge is 0.420 e. The van der Waals surface area contributed by atoms with Crippen LogP contribution in [0.25, 0.3) is 21.3 Å². The van der Waals surface area contributed by atoms with Crippen molar-refractivity contribution in [3.05, 3.63) is 63.9 Å². The number of aromatic nitrogens is 2. The maximum Gasteiger partial charge on any atom is 0.420 e. The Hall–Kier alpha value is -3.13. The van der Waals surface area contributed by atoms with E-state index in [2.05, 4.69) is 10.5 Å². The number of aryl methyl sites for hydroxylation is 1. The van der Waals surface area contributed by atoms with Crippen LogP contribution in [0, 0.1) is 0 Å². The van der Waals surface area contributed by atoms with E-state index >= 15 is 0 Å². The molecule has 0 saturated carbocycles. The van der Waals surface area contributed by atoms with Crippen molar-refractivity contribution in [3.8, 4) is 0 Å². The van der Waals surface area contributed by atoms with E-state index in [1.165, 1.54) is 15.9 Å². The molecule has 0 aliphatic rings. The van der Waals surface area contributed by atoms with Gasteiger partial charge in [0, 0.05) is 7.05 Å². The van der Waals surface area contributed by atoms with Crippen molar-refractivity contribution in [2.24, 2.45) is 12.1 Å². The van der Waals surface area contributed by atoms with Gasteiger partial charge >= 0.3 is 5.76 Å². The second-order valence-electron chi connectivity index (χ2n) is 5.88. The molecule has 0 fully saturated rings. The zero-order valence-electron chi connectivity index (χ0n) is 14.2. The van der Waals surface area contributed by atoms with Gasteiger partial charge in [0.1, 0.15) is 6.04 Å². The standard InChI is InChI=1S/C18H16N4O3S/c1-11(22-12-7-3-5-9-14(12)25-18(22)24)16(23)19-20-17-21(2)13-8-4-6-10-15(13)26-17/h3-11H,1-2H3,(H,19,23)/b20-17-. The molecule has 0 aliphatic heterocycles. The SMILES string of the molecule is CC(C(=O)N/N=c1\sc2ccccc2n1C)n1c(=O)oc2ccccc21. The number of benzene rings is 2. The van der Waals surface area contributed by atoms with E-state index in [1.54, 1.807) is 31.2 Å². The monoisotopic (exact) mass is 368 g/mol. The van der Waals surface area contributed by atoms with Gasteiger partial charge in [-0.25, -0.2) is 10.2 Å². The normalized spacial score (nSPS) is 13.4. The lowest BCUT2D eigenvalue weighted by atomic mass is 10.2. The molecule has 4 rings (SSSR count). The van der Waals surface area contributed by atoms with Gasteiger partial charge in [0.15, 0.2) is 5.58 Å². The van der Waals surface area contributed by atoms with E-state index in [1.807, 2.05) is 35.9 Å². The van der Waals surface area contributed by atoms with Crippen molar-refractivity contribution >= 4 is 38.6 Å². The van der Waals surface area contributed by atoms with Gasteiger partial charge in [-0.3, -0.25) is 9.36 Å². The number of carbonyl (C=O) groups excluding carboxylic acids is 1. The number of nitrogens with zero attached hydrogens (tertiary/aromatic N) is 3. The summed E-state index contributed by atoms with van der Waals surface area (Å²) in [5.41, 5.74) is 4.62. The Morgan fingerprint density at radius 2 is 1.85 bits per heavy atom. The molecule has 8 heteroatoms. The van der Waals surface area contributed by atoms with Gasteiger partial charge in [-0.2, -0.15) is 0 Å². The minimum Gasteiger partial charge on any atom is -0.408 e. The summed E-state index contributed by atoms with van der Waals surface area (Å²) in [5.74, 6) is -0.961. The Labute approximate surface area is 151 Å². The summed E-state index contributed by atoms with van der Waals surface area (Å²) in [6, 6.07) is 14.2. The van der Waals surface area contributed by atoms with Crippen LogP contribution in [-0.4, -0.2) is 15.0 Å². The molecule has 1 unspecified atom stereocenters. The third-order valence-electron chi connectivity index (χ3n) is 4.26. The molecule has 0 spiro atoms. The number of rotatable bonds is 3. The van der Waals surface area contributed by atoms with Gasteiger partial charge in [-0.1, -0.05) is 35.6 Å². The number of nitrogens with one attached hydrogen (secondary N) is 1. The van der Waals surface area contributed by atoms with Crippen molar-refractivity contribution in [2.75, 3.05) is 0 Å². The van der Waals surface area contributed by atoms with Gasteiger partial charge in [0.25, 0.3) is 5.91 Å². The lowest BCUT2D eigenvalue weighted by Gasteiger charge is -2.10. The van der Waals surface area contributed by atoms with E-state index in [9.17, 15) is 9.59 Å². The van der Waals surface area contributed by atoms with Crippen LogP contribution in [0.1, 0.15) is 13.0 Å². The fourth-order valence-electron chi connectivity index (χ4n) is 2.85. The first kappa shape index (κ1) is 16.3. The van der Waals surface area contributed by atoms with E-state index in [0.717, 1.165) is 10.2 Å². The predicted octanol–water partition coefficient (Wildman–Crippen LogP) is 2.34. The summed E-state index contributed by atoms with van der Waals surface area (Å²) in [6.45, 7) is 1.64. The van der Waals surface area contributed by atoms with E-state index in [4.69, 9.17) is 4.42 Å². The molecule has 2 aromatic carbocycles. The summed E-state index contributed by atoms with van der Waals surface area (Å²) >= 11 is 1.48. The predicted molar refractivity (Wildman–Crippen MR) is 99.7 cm³/mol. The highest BCUT2D eigenvalue weighted by atomic mass is 32.1. The minimum absolute atomic E-state index is 0.392. The fourth-order valence-corrected chi connectivity index (χ4v) is 3.83. The summed E-state index contributed by atoms with van der Waals surface area (Å²) in [4.78, 5) is 25.3. The average molecular weight is 368 g/mol. The molecule has 2 heterocycles. The first-order chi connectivity index (χ1) is 12.6. The average Bonchev–Trinajstić information content (AvgIpc) is 3.15. The molecule has 0 bridgehead atoms. The third-order valence-corrected chi connectivity index (χ3v) is 5.37. The molecule has 0 aliphatic carbocycles. The number of amides is 1. The van der Waals surface area contributed by atoms with Crippen molar-refractivity contribution in [3.63, 3.8) is 0 Å². The molecule has 7 nitrogen and oxygen atoms in total. The molecule has 4 aromatic rings. The van der Waals surface area contributed by atoms with Crippen LogP contribution in [-0.2, 0) is 11.8 Å². The Morgan fingerprint density at radius 3 is 2.62 bits per heavy atom. The molecule has 0 radical (unpaired) electrons. The smallest absolute Gasteiger partial charge is 0.408 e. The van der Waals surface area contributed by atoms with Crippen LogP contribution >= 0.6 is 11.3 Å². The number of fused-ring (bicyclic) bond motifs is 2. The minimum atomic E-state index is -0.755. The van der Waals surface area contributed by atoms with Crippen LogP contribution in [0.3, 0.4) is 0 Å². The van der Waals surface area contributed by atoms with Crippen LogP contribution in [0.5, 0.6) is 0 Å². The Bertz CT molecular complexity index is 1240. The van der Waals surface area contributed by atoms with Crippen LogP contribution < -0.4 is 16.0 Å². The van der Waals surface area contributed by atoms with Gasteiger partial charge < -0.3 is 8.98 Å². The summed E-state index contributed by atoms with van der Waals surface area (Å²) in [5, 5.41) is 4.22. The van der Waals surface area contributed by atoms with E-state index in [0.29, 0.717) is 15.9 Å². The first-order valence-corrected chi connectivity index (χ1v) is 8.86. The number of para-hydroxylation sites is 3.